The summed E-state index contributed by atoms with van der Waals surface area (Å²) in [6, 6.07) is 8.52. The molecule has 2 heterocycles. The summed E-state index contributed by atoms with van der Waals surface area (Å²) in [4.78, 5) is 11.4. The topological polar surface area (TPSA) is 41.1 Å². The number of hydrogen-bond acceptors (Lipinski definition) is 4. The number of halogens is 1. The highest BCUT2D eigenvalue weighted by atomic mass is 19.1. The number of nitrogens with one attached hydrogen (secondary N) is 1. The normalized spacial score (nSPS) is 18.0. The molecule has 1 saturated heterocycles. The Bertz CT molecular complexity index is 657. The number of aromatic nitrogens is 2. The Morgan fingerprint density at radius 3 is 2.78 bits per heavy atom. The summed E-state index contributed by atoms with van der Waals surface area (Å²) >= 11 is 0. The van der Waals surface area contributed by atoms with Crippen molar-refractivity contribution in [3.8, 4) is 0 Å². The first-order chi connectivity index (χ1) is 11.1. The van der Waals surface area contributed by atoms with Gasteiger partial charge in [-0.25, -0.2) is 14.4 Å². The number of aryl methyl sites for hydroxylation is 1. The van der Waals surface area contributed by atoms with Gasteiger partial charge >= 0.3 is 0 Å². The van der Waals surface area contributed by atoms with Crippen LogP contribution >= 0.6 is 0 Å². The van der Waals surface area contributed by atoms with Gasteiger partial charge in [0, 0.05) is 25.7 Å². The number of anilines is 2. The quantitative estimate of drug-likeness (QED) is 0.932. The van der Waals surface area contributed by atoms with Crippen LogP contribution < -0.4 is 10.2 Å². The van der Waals surface area contributed by atoms with Crippen molar-refractivity contribution >= 4 is 11.6 Å². The van der Waals surface area contributed by atoms with Gasteiger partial charge in [-0.2, -0.15) is 0 Å². The van der Waals surface area contributed by atoms with Crippen molar-refractivity contribution in [1.29, 1.82) is 0 Å². The fourth-order valence-corrected chi connectivity index (χ4v) is 3.00. The molecule has 0 aliphatic carbocycles. The number of benzene rings is 1. The van der Waals surface area contributed by atoms with E-state index < -0.39 is 0 Å². The van der Waals surface area contributed by atoms with E-state index in [1.165, 1.54) is 25.0 Å². The van der Waals surface area contributed by atoms with Gasteiger partial charge < -0.3 is 10.2 Å². The summed E-state index contributed by atoms with van der Waals surface area (Å²) in [5.41, 5.74) is 1.02. The maximum Gasteiger partial charge on any atom is 0.134 e. The van der Waals surface area contributed by atoms with Crippen LogP contribution in [0.4, 0.5) is 16.0 Å². The van der Waals surface area contributed by atoms with E-state index in [1.807, 2.05) is 13.0 Å². The van der Waals surface area contributed by atoms with Crippen LogP contribution in [0.5, 0.6) is 0 Å². The molecule has 23 heavy (non-hydrogen) atoms. The molecule has 5 heteroatoms. The van der Waals surface area contributed by atoms with Crippen molar-refractivity contribution in [2.24, 2.45) is 5.92 Å². The predicted octanol–water partition coefficient (Wildman–Crippen LogP) is 3.77. The molecule has 0 amide bonds. The zero-order valence-electron chi connectivity index (χ0n) is 13.7. The third-order valence-electron chi connectivity index (χ3n) is 4.19. The lowest BCUT2D eigenvalue weighted by molar-refractivity contribution is 0.444. The van der Waals surface area contributed by atoms with Crippen molar-refractivity contribution in [3.63, 3.8) is 0 Å². The number of hydrogen-bond donors (Lipinski definition) is 1. The van der Waals surface area contributed by atoms with E-state index in [4.69, 9.17) is 0 Å². The molecule has 0 saturated carbocycles. The second-order valence-corrected chi connectivity index (χ2v) is 6.33. The summed E-state index contributed by atoms with van der Waals surface area (Å²) in [7, 11) is 0. The molecule has 122 valence electrons. The number of piperidine rings is 1. The van der Waals surface area contributed by atoms with E-state index >= 15 is 0 Å². The molecule has 0 spiro atoms. The molecule has 0 bridgehead atoms. The van der Waals surface area contributed by atoms with E-state index in [1.54, 1.807) is 12.1 Å². The monoisotopic (exact) mass is 314 g/mol. The Kier molecular flexibility index (Phi) is 4.74. The minimum atomic E-state index is -0.215. The highest BCUT2D eigenvalue weighted by Gasteiger charge is 2.18. The number of rotatable bonds is 4. The molecular formula is C18H23FN4. The Morgan fingerprint density at radius 2 is 2.04 bits per heavy atom. The SMILES string of the molecule is Cc1nc(NCc2ccc(F)cc2)cc(N2CCCC(C)C2)n1. The molecule has 2 aromatic rings. The zero-order valence-corrected chi connectivity index (χ0v) is 13.7. The van der Waals surface area contributed by atoms with Gasteiger partial charge in [-0.15, -0.1) is 0 Å². The van der Waals surface area contributed by atoms with Gasteiger partial charge in [0.2, 0.25) is 0 Å². The van der Waals surface area contributed by atoms with Gasteiger partial charge in [0.25, 0.3) is 0 Å². The van der Waals surface area contributed by atoms with E-state index in [2.05, 4.69) is 27.1 Å². The van der Waals surface area contributed by atoms with Crippen LogP contribution in [-0.4, -0.2) is 23.1 Å². The van der Waals surface area contributed by atoms with Crippen molar-refractivity contribution in [1.82, 2.24) is 9.97 Å². The first-order valence-electron chi connectivity index (χ1n) is 8.19. The van der Waals surface area contributed by atoms with Crippen molar-refractivity contribution in [3.05, 3.63) is 47.5 Å². The van der Waals surface area contributed by atoms with Crippen LogP contribution in [0.1, 0.15) is 31.2 Å². The van der Waals surface area contributed by atoms with Crippen LogP contribution in [0.25, 0.3) is 0 Å². The minimum Gasteiger partial charge on any atom is -0.366 e. The molecule has 4 nitrogen and oxygen atoms in total. The van der Waals surface area contributed by atoms with Crippen LogP contribution in [0, 0.1) is 18.7 Å². The molecule has 1 atom stereocenters. The van der Waals surface area contributed by atoms with Crippen molar-refractivity contribution < 1.29 is 4.39 Å². The summed E-state index contributed by atoms with van der Waals surface area (Å²) in [6.45, 7) is 6.92. The Balaban J connectivity index is 1.71. The van der Waals surface area contributed by atoms with E-state index in [-0.39, 0.29) is 5.82 Å². The fourth-order valence-electron chi connectivity index (χ4n) is 3.00. The van der Waals surface area contributed by atoms with E-state index in [0.29, 0.717) is 12.5 Å². The molecule has 1 fully saturated rings. The average Bonchev–Trinajstić information content (AvgIpc) is 2.54. The third kappa shape index (κ3) is 4.18. The summed E-state index contributed by atoms with van der Waals surface area (Å²) in [6.07, 6.45) is 2.50. The molecule has 1 aromatic carbocycles. The van der Waals surface area contributed by atoms with Crippen LogP contribution in [-0.2, 0) is 6.54 Å². The lowest BCUT2D eigenvalue weighted by Gasteiger charge is -2.32. The Morgan fingerprint density at radius 1 is 1.26 bits per heavy atom. The number of nitrogens with zero attached hydrogens (tertiary/aromatic N) is 3. The predicted molar refractivity (Wildman–Crippen MR) is 91.1 cm³/mol. The highest BCUT2D eigenvalue weighted by Crippen LogP contribution is 2.23. The molecule has 1 aliphatic rings. The van der Waals surface area contributed by atoms with Gasteiger partial charge in [0.05, 0.1) is 0 Å². The maximum absolute atomic E-state index is 12.9. The van der Waals surface area contributed by atoms with Crippen LogP contribution in [0.15, 0.2) is 30.3 Å². The van der Waals surface area contributed by atoms with Gasteiger partial charge in [-0.3, -0.25) is 0 Å². The average molecular weight is 314 g/mol. The van der Waals surface area contributed by atoms with Crippen molar-refractivity contribution in [2.45, 2.75) is 33.2 Å². The third-order valence-corrected chi connectivity index (χ3v) is 4.19. The molecule has 1 N–H and O–H groups in total. The van der Waals surface area contributed by atoms with Gasteiger partial charge in [0.1, 0.15) is 23.3 Å². The molecule has 1 aromatic heterocycles. The molecule has 1 unspecified atom stereocenters. The Labute approximate surface area is 136 Å². The largest absolute Gasteiger partial charge is 0.366 e. The minimum absolute atomic E-state index is 0.215. The van der Waals surface area contributed by atoms with Crippen LogP contribution in [0.3, 0.4) is 0 Å². The molecule has 0 radical (unpaired) electrons. The smallest absolute Gasteiger partial charge is 0.134 e. The Hall–Kier alpha value is -2.17. The molecule has 3 rings (SSSR count). The van der Waals surface area contributed by atoms with Crippen molar-refractivity contribution in [2.75, 3.05) is 23.3 Å². The van der Waals surface area contributed by atoms with E-state index in [0.717, 1.165) is 36.1 Å². The van der Waals surface area contributed by atoms with Gasteiger partial charge in [-0.05, 0) is 43.4 Å². The second-order valence-electron chi connectivity index (χ2n) is 6.33. The summed E-state index contributed by atoms with van der Waals surface area (Å²) < 4.78 is 12.9. The lowest BCUT2D eigenvalue weighted by atomic mass is 10.0. The standard InChI is InChI=1S/C18H23FN4/c1-13-4-3-9-23(12-13)18-10-17(21-14(2)22-18)20-11-15-5-7-16(19)8-6-15/h5-8,10,13H,3-4,9,11-12H2,1-2H3,(H,20,21,22). The summed E-state index contributed by atoms with van der Waals surface area (Å²) in [5, 5.41) is 3.31. The van der Waals surface area contributed by atoms with Gasteiger partial charge in [-0.1, -0.05) is 19.1 Å². The highest BCUT2D eigenvalue weighted by molar-refractivity contribution is 5.50. The first-order valence-corrected chi connectivity index (χ1v) is 8.19. The maximum atomic E-state index is 12.9. The fraction of sp³-hybridized carbons (Fsp3) is 0.444. The van der Waals surface area contributed by atoms with E-state index in [9.17, 15) is 4.39 Å². The van der Waals surface area contributed by atoms with Crippen LogP contribution in [0.2, 0.25) is 0 Å². The summed E-state index contributed by atoms with van der Waals surface area (Å²) in [5.74, 6) is 3.06. The molecule has 1 aliphatic heterocycles. The first kappa shape index (κ1) is 15.7. The van der Waals surface area contributed by atoms with Gasteiger partial charge in [0.15, 0.2) is 0 Å². The second kappa shape index (κ2) is 6.94. The molecular weight excluding hydrogens is 291 g/mol. The zero-order chi connectivity index (χ0) is 16.2. The lowest BCUT2D eigenvalue weighted by Crippen LogP contribution is -2.35.